The predicted molar refractivity (Wildman–Crippen MR) is 89.8 cm³/mol. The lowest BCUT2D eigenvalue weighted by Crippen LogP contribution is -2.23. The van der Waals surface area contributed by atoms with E-state index in [9.17, 15) is 9.90 Å². The van der Waals surface area contributed by atoms with Gasteiger partial charge < -0.3 is 15.7 Å². The summed E-state index contributed by atoms with van der Waals surface area (Å²) >= 11 is 0. The Morgan fingerprint density at radius 1 is 1.09 bits per heavy atom. The fourth-order valence-corrected chi connectivity index (χ4v) is 2.56. The molecule has 1 heterocycles. The number of carbonyl (C=O) groups is 1. The van der Waals surface area contributed by atoms with Crippen molar-refractivity contribution in [3.05, 3.63) is 65.8 Å². The number of hydrogen-bond donors (Lipinski definition) is 2. The van der Waals surface area contributed by atoms with Gasteiger partial charge in [-0.1, -0.05) is 42.5 Å². The normalized spacial score (nSPS) is 18.4. The van der Waals surface area contributed by atoms with Gasteiger partial charge in [0.2, 0.25) is 0 Å². The van der Waals surface area contributed by atoms with Gasteiger partial charge in [0.05, 0.1) is 0 Å². The first-order valence-electron chi connectivity index (χ1n) is 7.30. The molecule has 1 aliphatic heterocycles. The molecular formula is C18H22N2O2. The number of rotatable bonds is 2. The summed E-state index contributed by atoms with van der Waals surface area (Å²) in [7, 11) is 1.50. The van der Waals surface area contributed by atoms with E-state index in [4.69, 9.17) is 0 Å². The average Bonchev–Trinajstić information content (AvgIpc) is 2.90. The second-order valence-corrected chi connectivity index (χ2v) is 5.50. The molecule has 0 spiro atoms. The van der Waals surface area contributed by atoms with E-state index >= 15 is 0 Å². The summed E-state index contributed by atoms with van der Waals surface area (Å²) < 4.78 is 0. The zero-order chi connectivity index (χ0) is 16.2. The molecule has 0 radical (unpaired) electrons. The van der Waals surface area contributed by atoms with Gasteiger partial charge in [-0.15, -0.1) is 0 Å². The van der Waals surface area contributed by atoms with E-state index < -0.39 is 11.4 Å². The van der Waals surface area contributed by atoms with E-state index in [0.29, 0.717) is 0 Å². The lowest BCUT2D eigenvalue weighted by atomic mass is 9.90. The quantitative estimate of drug-likeness (QED) is 0.880. The van der Waals surface area contributed by atoms with Crippen molar-refractivity contribution in [3.8, 4) is 0 Å². The van der Waals surface area contributed by atoms with Crippen LogP contribution in [0.4, 0.5) is 5.69 Å². The number of carboxylic acid groups (broad SMARTS) is 1. The molecule has 1 aliphatic carbocycles. The molecule has 0 atom stereocenters. The highest BCUT2D eigenvalue weighted by atomic mass is 16.4. The molecule has 3 rings (SSSR count). The van der Waals surface area contributed by atoms with Crippen LogP contribution >= 0.6 is 0 Å². The van der Waals surface area contributed by atoms with E-state index in [1.165, 1.54) is 23.9 Å². The predicted octanol–water partition coefficient (Wildman–Crippen LogP) is 2.59. The number of carboxylic acids is 1. The molecule has 3 N–H and O–H groups in total. The van der Waals surface area contributed by atoms with E-state index in [0.717, 1.165) is 13.1 Å². The molecule has 0 saturated heterocycles. The number of aliphatic carboxylic acids is 1. The second kappa shape index (κ2) is 6.62. The summed E-state index contributed by atoms with van der Waals surface area (Å²) in [4.78, 5) is 13.6. The van der Waals surface area contributed by atoms with Crippen LogP contribution in [0.2, 0.25) is 0 Å². The molecule has 116 valence electrons. The van der Waals surface area contributed by atoms with Crippen molar-refractivity contribution < 1.29 is 9.90 Å². The van der Waals surface area contributed by atoms with Crippen molar-refractivity contribution in [2.75, 3.05) is 25.0 Å². The third-order valence-electron chi connectivity index (χ3n) is 3.98. The summed E-state index contributed by atoms with van der Waals surface area (Å²) in [6.45, 7) is 3.38. The highest BCUT2D eigenvalue weighted by Crippen LogP contribution is 2.32. The second-order valence-electron chi connectivity index (χ2n) is 5.50. The van der Waals surface area contributed by atoms with Crippen LogP contribution in [0.3, 0.4) is 0 Å². The van der Waals surface area contributed by atoms with Crippen molar-refractivity contribution in [2.45, 2.75) is 6.92 Å². The molecule has 0 saturated carbocycles. The van der Waals surface area contributed by atoms with Crippen molar-refractivity contribution >= 4 is 11.7 Å². The number of nitrogens with zero attached hydrogens (tertiary/aromatic N) is 1. The van der Waals surface area contributed by atoms with Gasteiger partial charge in [0.1, 0.15) is 5.41 Å². The molecule has 4 nitrogen and oxygen atoms in total. The van der Waals surface area contributed by atoms with E-state index in [-0.39, 0.29) is 0 Å². The molecule has 0 unspecified atom stereocenters. The summed E-state index contributed by atoms with van der Waals surface area (Å²) in [6.07, 6.45) is 7.49. The SMILES string of the molecule is CC1(C(=O)O)C=CC2=C(C=C1)CN(c1ccccc1)C2.CN. The highest BCUT2D eigenvalue weighted by molar-refractivity contribution is 5.80. The zero-order valence-electron chi connectivity index (χ0n) is 13.0. The van der Waals surface area contributed by atoms with Gasteiger partial charge in [0.25, 0.3) is 0 Å². The first kappa shape index (κ1) is 16.0. The van der Waals surface area contributed by atoms with Crippen LogP contribution in [0.1, 0.15) is 6.92 Å². The number of nitrogens with two attached hydrogens (primary N) is 1. The minimum absolute atomic E-state index is 0.814. The van der Waals surface area contributed by atoms with Crippen LogP contribution in [-0.2, 0) is 4.79 Å². The van der Waals surface area contributed by atoms with E-state index in [1.54, 1.807) is 19.1 Å². The maximum atomic E-state index is 11.3. The van der Waals surface area contributed by atoms with Crippen molar-refractivity contribution in [1.29, 1.82) is 0 Å². The maximum Gasteiger partial charge on any atom is 0.317 e. The molecule has 0 amide bonds. The molecule has 2 aliphatic rings. The Bertz CT molecular complexity index is 604. The third kappa shape index (κ3) is 3.12. The molecule has 1 aromatic carbocycles. The van der Waals surface area contributed by atoms with Gasteiger partial charge in [-0.3, -0.25) is 4.79 Å². The largest absolute Gasteiger partial charge is 0.480 e. The Morgan fingerprint density at radius 2 is 1.59 bits per heavy atom. The van der Waals surface area contributed by atoms with Gasteiger partial charge in [-0.2, -0.15) is 0 Å². The maximum absolute atomic E-state index is 11.3. The monoisotopic (exact) mass is 298 g/mol. The standard InChI is InChI=1S/C17H17NO2.CH5N/c1-17(16(19)20)9-7-13-11-18(12-14(13)8-10-17)15-5-3-2-4-6-15;1-2/h2-10H,11-12H2,1H3,(H,19,20);2H2,1H3. The molecule has 22 heavy (non-hydrogen) atoms. The third-order valence-corrected chi connectivity index (χ3v) is 3.98. The molecule has 0 fully saturated rings. The van der Waals surface area contributed by atoms with Crippen molar-refractivity contribution in [2.24, 2.45) is 11.1 Å². The summed E-state index contributed by atoms with van der Waals surface area (Å²) in [6, 6.07) is 10.3. The minimum atomic E-state index is -0.901. The summed E-state index contributed by atoms with van der Waals surface area (Å²) in [5, 5.41) is 9.28. The lowest BCUT2D eigenvalue weighted by Gasteiger charge is -2.19. The Morgan fingerprint density at radius 3 is 2.05 bits per heavy atom. The van der Waals surface area contributed by atoms with Gasteiger partial charge >= 0.3 is 5.97 Å². The molecular weight excluding hydrogens is 276 g/mol. The van der Waals surface area contributed by atoms with Crippen molar-refractivity contribution in [1.82, 2.24) is 0 Å². The average molecular weight is 298 g/mol. The Labute approximate surface area is 131 Å². The van der Waals surface area contributed by atoms with Crippen LogP contribution in [0, 0.1) is 5.41 Å². The Hall–Kier alpha value is -2.33. The van der Waals surface area contributed by atoms with Gasteiger partial charge in [-0.05, 0) is 37.3 Å². The molecule has 0 aromatic heterocycles. The topological polar surface area (TPSA) is 66.6 Å². The van der Waals surface area contributed by atoms with Crippen LogP contribution in [0.15, 0.2) is 65.8 Å². The van der Waals surface area contributed by atoms with E-state index in [1.807, 2.05) is 30.4 Å². The molecule has 1 aromatic rings. The number of hydrogen-bond acceptors (Lipinski definition) is 3. The van der Waals surface area contributed by atoms with Gasteiger partial charge in [0, 0.05) is 18.8 Å². The lowest BCUT2D eigenvalue weighted by molar-refractivity contribution is -0.142. The molecule has 0 bridgehead atoms. The Kier molecular flexibility index (Phi) is 4.83. The number of benzene rings is 1. The summed E-state index contributed by atoms with van der Waals surface area (Å²) in [5.74, 6) is -0.814. The van der Waals surface area contributed by atoms with Crippen LogP contribution < -0.4 is 10.6 Å². The van der Waals surface area contributed by atoms with Gasteiger partial charge in [-0.25, -0.2) is 0 Å². The zero-order valence-corrected chi connectivity index (χ0v) is 13.0. The number of anilines is 1. The van der Waals surface area contributed by atoms with Crippen LogP contribution in [0.25, 0.3) is 0 Å². The first-order chi connectivity index (χ1) is 10.6. The minimum Gasteiger partial charge on any atom is -0.480 e. The Balaban J connectivity index is 0.000000847. The smallest absolute Gasteiger partial charge is 0.317 e. The molecule has 4 heteroatoms. The first-order valence-corrected chi connectivity index (χ1v) is 7.30. The van der Waals surface area contributed by atoms with Crippen LogP contribution in [0.5, 0.6) is 0 Å². The van der Waals surface area contributed by atoms with Crippen LogP contribution in [-0.4, -0.2) is 31.2 Å². The van der Waals surface area contributed by atoms with Gasteiger partial charge in [0.15, 0.2) is 0 Å². The number of para-hydroxylation sites is 1. The van der Waals surface area contributed by atoms with Crippen molar-refractivity contribution in [3.63, 3.8) is 0 Å². The van der Waals surface area contributed by atoms with E-state index in [2.05, 4.69) is 22.8 Å². The fraction of sp³-hybridized carbons (Fsp3) is 0.278. The fourth-order valence-electron chi connectivity index (χ4n) is 2.56. The highest BCUT2D eigenvalue weighted by Gasteiger charge is 2.30. The summed E-state index contributed by atoms with van der Waals surface area (Å²) in [5.41, 5.74) is 7.20.